The molecule has 0 bridgehead atoms. The van der Waals surface area contributed by atoms with Gasteiger partial charge in [-0.25, -0.2) is 4.68 Å². The van der Waals surface area contributed by atoms with E-state index in [1.807, 2.05) is 59.3 Å². The first kappa shape index (κ1) is 14.5. The highest BCUT2D eigenvalue weighted by molar-refractivity contribution is 5.81. The molecule has 4 aromatic rings. The maximum absolute atomic E-state index is 9.15. The monoisotopic (exact) mass is 320 g/mol. The van der Waals surface area contributed by atoms with Crippen LogP contribution in [0, 0.1) is 0 Å². The molecule has 0 fully saturated rings. The maximum atomic E-state index is 9.15. The molecule has 0 saturated heterocycles. The molecule has 120 valence electrons. The van der Waals surface area contributed by atoms with Crippen molar-refractivity contribution in [2.24, 2.45) is 0 Å². The van der Waals surface area contributed by atoms with Crippen LogP contribution in [-0.2, 0) is 13.2 Å². The number of furan rings is 1. The van der Waals surface area contributed by atoms with Crippen molar-refractivity contribution in [2.45, 2.75) is 13.2 Å². The van der Waals surface area contributed by atoms with Crippen LogP contribution in [-0.4, -0.2) is 20.1 Å². The lowest BCUT2D eigenvalue weighted by Crippen LogP contribution is -2.07. The highest BCUT2D eigenvalue weighted by Crippen LogP contribution is 2.23. The van der Waals surface area contributed by atoms with Crippen LogP contribution in [0.4, 0.5) is 5.69 Å². The summed E-state index contributed by atoms with van der Waals surface area (Å²) in [5, 5.41) is 21.6. The third kappa shape index (κ3) is 2.75. The predicted octanol–water partition coefficient (Wildman–Crippen LogP) is 3.12. The van der Waals surface area contributed by atoms with Crippen molar-refractivity contribution >= 4 is 16.7 Å². The molecule has 0 radical (unpaired) electrons. The summed E-state index contributed by atoms with van der Waals surface area (Å²) in [6.07, 6.45) is 1.75. The highest BCUT2D eigenvalue weighted by atomic mass is 16.4. The van der Waals surface area contributed by atoms with E-state index in [0.29, 0.717) is 12.3 Å². The molecular weight excluding hydrogens is 304 g/mol. The Labute approximate surface area is 138 Å². The lowest BCUT2D eigenvalue weighted by atomic mass is 10.2. The minimum atomic E-state index is -0.0978. The van der Waals surface area contributed by atoms with E-state index in [1.54, 1.807) is 6.20 Å². The van der Waals surface area contributed by atoms with Gasteiger partial charge < -0.3 is 14.8 Å². The fraction of sp³-hybridized carbons (Fsp3) is 0.111. The van der Waals surface area contributed by atoms with Crippen LogP contribution in [0.25, 0.3) is 16.7 Å². The number of hydrogen-bond donors (Lipinski definition) is 2. The molecular formula is C18H16N4O2. The summed E-state index contributed by atoms with van der Waals surface area (Å²) in [7, 11) is 0. The molecule has 0 saturated carbocycles. The van der Waals surface area contributed by atoms with E-state index in [2.05, 4.69) is 15.6 Å². The van der Waals surface area contributed by atoms with Gasteiger partial charge in [0.1, 0.15) is 18.0 Å². The van der Waals surface area contributed by atoms with Crippen LogP contribution < -0.4 is 5.32 Å². The summed E-state index contributed by atoms with van der Waals surface area (Å²) >= 11 is 0. The van der Waals surface area contributed by atoms with E-state index in [-0.39, 0.29) is 6.61 Å². The Balaban J connectivity index is 1.54. The van der Waals surface area contributed by atoms with E-state index in [4.69, 9.17) is 9.52 Å². The average molecular weight is 320 g/mol. The molecule has 0 unspecified atom stereocenters. The van der Waals surface area contributed by atoms with Crippen LogP contribution in [0.1, 0.15) is 11.5 Å². The number of benzene rings is 2. The number of nitrogens with zero attached hydrogens (tertiary/aromatic N) is 3. The second-order valence-electron chi connectivity index (χ2n) is 5.45. The largest absolute Gasteiger partial charge is 0.459 e. The third-order valence-corrected chi connectivity index (χ3v) is 3.82. The Hall–Kier alpha value is -3.12. The van der Waals surface area contributed by atoms with E-state index >= 15 is 0 Å². The maximum Gasteiger partial charge on any atom is 0.134 e. The Morgan fingerprint density at radius 2 is 1.96 bits per heavy atom. The van der Waals surface area contributed by atoms with Gasteiger partial charge in [-0.15, -0.1) is 5.10 Å². The first-order valence-electron chi connectivity index (χ1n) is 7.66. The van der Waals surface area contributed by atoms with Gasteiger partial charge in [0.15, 0.2) is 0 Å². The topological polar surface area (TPSA) is 76.1 Å². The summed E-state index contributed by atoms with van der Waals surface area (Å²) in [5.41, 5.74) is 3.67. The second kappa shape index (κ2) is 6.17. The standard InChI is InChI=1S/C18H16N4O2/c23-12-17-9-13-8-14(6-7-18(13)24-17)19-10-16-11-20-21-22(16)15-4-2-1-3-5-15/h1-9,11,19,23H,10,12H2. The van der Waals surface area contributed by atoms with E-state index < -0.39 is 0 Å². The molecule has 2 aromatic heterocycles. The predicted molar refractivity (Wildman–Crippen MR) is 90.8 cm³/mol. The fourth-order valence-electron chi connectivity index (χ4n) is 2.64. The second-order valence-corrected chi connectivity index (χ2v) is 5.45. The van der Waals surface area contributed by atoms with Gasteiger partial charge in [0.05, 0.1) is 24.1 Å². The molecule has 0 spiro atoms. The molecule has 24 heavy (non-hydrogen) atoms. The SMILES string of the molecule is OCc1cc2cc(NCc3cnnn3-c3ccccc3)ccc2o1. The lowest BCUT2D eigenvalue weighted by Gasteiger charge is -2.08. The number of fused-ring (bicyclic) bond motifs is 1. The first-order valence-corrected chi connectivity index (χ1v) is 7.66. The number of hydrogen-bond acceptors (Lipinski definition) is 5. The number of rotatable bonds is 5. The number of nitrogens with one attached hydrogen (secondary N) is 1. The van der Waals surface area contributed by atoms with E-state index in [1.165, 1.54) is 0 Å². The van der Waals surface area contributed by atoms with Crippen LogP contribution in [0.15, 0.2) is 65.2 Å². The van der Waals surface area contributed by atoms with Crippen molar-refractivity contribution in [3.05, 3.63) is 72.2 Å². The molecule has 6 heteroatoms. The number of para-hydroxylation sites is 1. The normalized spacial score (nSPS) is 11.0. The lowest BCUT2D eigenvalue weighted by molar-refractivity contribution is 0.251. The van der Waals surface area contributed by atoms with Crippen LogP contribution in [0.5, 0.6) is 0 Å². The van der Waals surface area contributed by atoms with E-state index in [9.17, 15) is 0 Å². The molecule has 0 aliphatic heterocycles. The molecule has 0 aliphatic rings. The van der Waals surface area contributed by atoms with Crippen molar-refractivity contribution in [2.75, 3.05) is 5.32 Å². The minimum Gasteiger partial charge on any atom is -0.459 e. The van der Waals surface area contributed by atoms with Gasteiger partial charge in [-0.05, 0) is 36.4 Å². The van der Waals surface area contributed by atoms with Gasteiger partial charge >= 0.3 is 0 Å². The number of anilines is 1. The molecule has 0 aliphatic carbocycles. The van der Waals surface area contributed by atoms with Crippen molar-refractivity contribution in [3.63, 3.8) is 0 Å². The minimum absolute atomic E-state index is 0.0978. The van der Waals surface area contributed by atoms with Crippen LogP contribution >= 0.6 is 0 Å². The number of aliphatic hydroxyl groups excluding tert-OH is 1. The molecule has 0 atom stereocenters. The molecule has 2 aromatic carbocycles. The van der Waals surface area contributed by atoms with Crippen molar-refractivity contribution in [1.29, 1.82) is 0 Å². The van der Waals surface area contributed by atoms with Gasteiger partial charge in [0.2, 0.25) is 0 Å². The van der Waals surface area contributed by atoms with Gasteiger partial charge in [0, 0.05) is 11.1 Å². The van der Waals surface area contributed by atoms with Crippen molar-refractivity contribution in [1.82, 2.24) is 15.0 Å². The summed E-state index contributed by atoms with van der Waals surface area (Å²) in [4.78, 5) is 0. The van der Waals surface area contributed by atoms with Gasteiger partial charge in [-0.2, -0.15) is 0 Å². The summed E-state index contributed by atoms with van der Waals surface area (Å²) in [5.74, 6) is 0.563. The Kier molecular flexibility index (Phi) is 3.72. The summed E-state index contributed by atoms with van der Waals surface area (Å²) < 4.78 is 7.31. The first-order chi connectivity index (χ1) is 11.8. The average Bonchev–Trinajstić information content (AvgIpc) is 3.26. The zero-order valence-electron chi connectivity index (χ0n) is 12.9. The van der Waals surface area contributed by atoms with Gasteiger partial charge in [-0.1, -0.05) is 23.4 Å². The fourth-order valence-corrected chi connectivity index (χ4v) is 2.64. The summed E-state index contributed by atoms with van der Waals surface area (Å²) in [6, 6.07) is 17.6. The third-order valence-electron chi connectivity index (χ3n) is 3.82. The van der Waals surface area contributed by atoms with E-state index in [0.717, 1.165) is 28.0 Å². The van der Waals surface area contributed by atoms with Gasteiger partial charge in [0.25, 0.3) is 0 Å². The quantitative estimate of drug-likeness (QED) is 0.591. The molecule has 4 rings (SSSR count). The zero-order valence-corrected chi connectivity index (χ0v) is 12.9. The highest BCUT2D eigenvalue weighted by Gasteiger charge is 2.07. The molecule has 0 amide bonds. The van der Waals surface area contributed by atoms with Crippen LogP contribution in [0.3, 0.4) is 0 Å². The molecule has 2 N–H and O–H groups in total. The smallest absolute Gasteiger partial charge is 0.134 e. The Bertz CT molecular complexity index is 959. The number of aliphatic hydroxyl groups is 1. The van der Waals surface area contributed by atoms with Crippen molar-refractivity contribution in [3.8, 4) is 5.69 Å². The zero-order chi connectivity index (χ0) is 16.4. The van der Waals surface area contributed by atoms with Crippen molar-refractivity contribution < 1.29 is 9.52 Å². The Morgan fingerprint density at radius 3 is 2.79 bits per heavy atom. The van der Waals surface area contributed by atoms with Crippen LogP contribution in [0.2, 0.25) is 0 Å². The summed E-state index contributed by atoms with van der Waals surface area (Å²) in [6.45, 7) is 0.498. The van der Waals surface area contributed by atoms with Gasteiger partial charge in [-0.3, -0.25) is 0 Å². The number of aromatic nitrogens is 3. The molecule has 2 heterocycles. The Morgan fingerprint density at radius 1 is 1.08 bits per heavy atom. The molecule has 6 nitrogen and oxygen atoms in total.